The maximum Gasteiger partial charge on any atom is 0.253 e. The molecule has 38 heavy (non-hydrogen) atoms. The first-order chi connectivity index (χ1) is 18.3. The fourth-order valence-electron chi connectivity index (χ4n) is 5.23. The molecule has 1 amide bonds. The molecule has 200 valence electrons. The summed E-state index contributed by atoms with van der Waals surface area (Å²) < 4.78 is 33.0. The lowest BCUT2D eigenvalue weighted by atomic mass is 10.1. The van der Waals surface area contributed by atoms with Crippen molar-refractivity contribution in [2.75, 3.05) is 47.7 Å². The largest absolute Gasteiger partial charge is 0.375 e. The predicted molar refractivity (Wildman–Crippen MR) is 149 cm³/mol. The molecule has 2 saturated heterocycles. The summed E-state index contributed by atoms with van der Waals surface area (Å²) in [5, 5.41) is 0. The number of amides is 1. The maximum atomic E-state index is 13.2. The highest BCUT2D eigenvalue weighted by Gasteiger charge is 2.37. The molecule has 0 spiro atoms. The number of ether oxygens (including phenoxy) is 1. The van der Waals surface area contributed by atoms with Gasteiger partial charge < -0.3 is 14.5 Å². The van der Waals surface area contributed by atoms with E-state index in [0.717, 1.165) is 35.6 Å². The Hall–Kier alpha value is -3.43. The zero-order valence-electron chi connectivity index (χ0n) is 21.9. The molecule has 9 heteroatoms. The molecule has 3 heterocycles. The molecule has 1 atom stereocenters. The van der Waals surface area contributed by atoms with Crippen molar-refractivity contribution < 1.29 is 17.9 Å². The lowest BCUT2D eigenvalue weighted by Crippen LogP contribution is -2.49. The van der Waals surface area contributed by atoms with Gasteiger partial charge in [0.15, 0.2) is 0 Å². The number of hydrogen-bond acceptors (Lipinski definition) is 6. The van der Waals surface area contributed by atoms with E-state index in [4.69, 9.17) is 4.74 Å². The van der Waals surface area contributed by atoms with Gasteiger partial charge in [-0.05, 0) is 61.2 Å². The van der Waals surface area contributed by atoms with Crippen LogP contribution in [0.4, 0.5) is 11.5 Å². The smallest absolute Gasteiger partial charge is 0.253 e. The van der Waals surface area contributed by atoms with Gasteiger partial charge in [-0.25, -0.2) is 13.4 Å². The van der Waals surface area contributed by atoms with Crippen LogP contribution >= 0.6 is 0 Å². The van der Waals surface area contributed by atoms with Gasteiger partial charge in [-0.3, -0.25) is 9.10 Å². The SMILES string of the molecule is Cc1cnc(N2CCN(C(=O)c3ccc(N4[C@H](COCc5ccccc5)CCS4(=O)=O)cc3)CC2)c(C)c1. The Balaban J connectivity index is 1.21. The molecular formula is C29H34N4O4S. The van der Waals surface area contributed by atoms with Gasteiger partial charge in [-0.15, -0.1) is 0 Å². The molecule has 0 unspecified atom stereocenters. The van der Waals surface area contributed by atoms with E-state index < -0.39 is 10.0 Å². The second-order valence-corrected chi connectivity index (χ2v) is 12.0. The van der Waals surface area contributed by atoms with Crippen LogP contribution in [-0.4, -0.2) is 68.8 Å². The van der Waals surface area contributed by atoms with Crippen molar-refractivity contribution in [2.45, 2.75) is 32.9 Å². The highest BCUT2D eigenvalue weighted by molar-refractivity contribution is 7.93. The number of aryl methyl sites for hydroxylation is 2. The molecule has 0 aliphatic carbocycles. The van der Waals surface area contributed by atoms with Crippen molar-refractivity contribution >= 4 is 27.4 Å². The first-order valence-electron chi connectivity index (χ1n) is 13.0. The standard InChI is InChI=1S/C29H34N4O4S/c1-22-18-23(2)28(30-19-22)31-13-15-32(16-14-31)29(34)25-8-10-26(11-9-25)33-27(12-17-38(33,35)36)21-37-20-24-6-4-3-5-7-24/h3-11,18-19,27H,12-17,20-21H2,1-2H3/t27-/m0/s1. The fourth-order valence-corrected chi connectivity index (χ4v) is 7.06. The Labute approximate surface area is 224 Å². The van der Waals surface area contributed by atoms with Gasteiger partial charge >= 0.3 is 0 Å². The highest BCUT2D eigenvalue weighted by atomic mass is 32.2. The molecule has 0 bridgehead atoms. The highest BCUT2D eigenvalue weighted by Crippen LogP contribution is 2.30. The number of hydrogen-bond donors (Lipinski definition) is 0. The minimum absolute atomic E-state index is 0.0446. The number of nitrogens with zero attached hydrogens (tertiary/aromatic N) is 4. The first kappa shape index (κ1) is 26.2. The maximum absolute atomic E-state index is 13.2. The number of aromatic nitrogens is 1. The van der Waals surface area contributed by atoms with Crippen molar-refractivity contribution in [1.29, 1.82) is 0 Å². The van der Waals surface area contributed by atoms with Gasteiger partial charge in [-0.1, -0.05) is 36.4 Å². The Morgan fingerprint density at radius 2 is 1.71 bits per heavy atom. The van der Waals surface area contributed by atoms with E-state index >= 15 is 0 Å². The third kappa shape index (κ3) is 5.68. The number of carbonyl (C=O) groups is 1. The molecule has 2 aromatic carbocycles. The molecule has 2 fully saturated rings. The van der Waals surface area contributed by atoms with Gasteiger partial charge in [0.2, 0.25) is 10.0 Å². The normalized spacial score (nSPS) is 19.1. The van der Waals surface area contributed by atoms with Crippen molar-refractivity contribution in [3.05, 3.63) is 89.1 Å². The molecule has 3 aromatic rings. The molecule has 5 rings (SSSR count). The molecule has 2 aliphatic heterocycles. The predicted octanol–water partition coefficient (Wildman–Crippen LogP) is 3.79. The van der Waals surface area contributed by atoms with E-state index in [-0.39, 0.29) is 17.7 Å². The van der Waals surface area contributed by atoms with Crippen LogP contribution in [0.25, 0.3) is 0 Å². The second kappa shape index (κ2) is 11.1. The van der Waals surface area contributed by atoms with Gasteiger partial charge in [-0.2, -0.15) is 0 Å². The lowest BCUT2D eigenvalue weighted by molar-refractivity contribution is 0.0746. The van der Waals surface area contributed by atoms with E-state index in [1.54, 1.807) is 24.3 Å². The van der Waals surface area contributed by atoms with Gasteiger partial charge in [0.1, 0.15) is 5.82 Å². The van der Waals surface area contributed by atoms with Crippen LogP contribution in [0.2, 0.25) is 0 Å². The fraction of sp³-hybridized carbons (Fsp3) is 0.379. The molecular weight excluding hydrogens is 500 g/mol. The third-order valence-corrected chi connectivity index (χ3v) is 9.04. The summed E-state index contributed by atoms with van der Waals surface area (Å²) in [5.74, 6) is 1.02. The van der Waals surface area contributed by atoms with Crippen LogP contribution in [0.15, 0.2) is 66.9 Å². The minimum atomic E-state index is -3.43. The van der Waals surface area contributed by atoms with E-state index in [2.05, 4.69) is 22.9 Å². The van der Waals surface area contributed by atoms with Crippen molar-refractivity contribution in [1.82, 2.24) is 9.88 Å². The number of carbonyl (C=O) groups excluding carboxylic acids is 1. The van der Waals surface area contributed by atoms with E-state index in [1.165, 1.54) is 4.31 Å². The Morgan fingerprint density at radius 1 is 1.00 bits per heavy atom. The lowest BCUT2D eigenvalue weighted by Gasteiger charge is -2.36. The molecule has 0 radical (unpaired) electrons. The van der Waals surface area contributed by atoms with Crippen LogP contribution in [-0.2, 0) is 21.4 Å². The third-order valence-electron chi connectivity index (χ3n) is 7.18. The monoisotopic (exact) mass is 534 g/mol. The summed E-state index contributed by atoms with van der Waals surface area (Å²) in [7, 11) is -3.43. The molecule has 2 aliphatic rings. The summed E-state index contributed by atoms with van der Waals surface area (Å²) in [5.41, 5.74) is 4.45. The Morgan fingerprint density at radius 3 is 2.39 bits per heavy atom. The quantitative estimate of drug-likeness (QED) is 0.459. The number of benzene rings is 2. The van der Waals surface area contributed by atoms with Gasteiger partial charge in [0.25, 0.3) is 5.91 Å². The summed E-state index contributed by atoms with van der Waals surface area (Å²) in [4.78, 5) is 21.9. The number of anilines is 2. The average molecular weight is 535 g/mol. The summed E-state index contributed by atoms with van der Waals surface area (Å²) in [6.45, 7) is 7.50. The topological polar surface area (TPSA) is 83.1 Å². The van der Waals surface area contributed by atoms with E-state index in [0.29, 0.717) is 44.0 Å². The summed E-state index contributed by atoms with van der Waals surface area (Å²) in [6, 6.07) is 18.6. The molecule has 8 nitrogen and oxygen atoms in total. The second-order valence-electron chi connectivity index (χ2n) is 10.0. The Kier molecular flexibility index (Phi) is 7.67. The van der Waals surface area contributed by atoms with Crippen LogP contribution in [0, 0.1) is 13.8 Å². The minimum Gasteiger partial charge on any atom is -0.375 e. The van der Waals surface area contributed by atoms with Crippen molar-refractivity contribution in [3.8, 4) is 0 Å². The zero-order chi connectivity index (χ0) is 26.7. The molecule has 0 N–H and O–H groups in total. The van der Waals surface area contributed by atoms with E-state index in [1.807, 2.05) is 48.4 Å². The number of pyridine rings is 1. The van der Waals surface area contributed by atoms with Crippen LogP contribution in [0.5, 0.6) is 0 Å². The van der Waals surface area contributed by atoms with Crippen LogP contribution in [0.1, 0.15) is 33.5 Å². The average Bonchev–Trinajstić information content (AvgIpc) is 3.23. The van der Waals surface area contributed by atoms with Crippen molar-refractivity contribution in [3.63, 3.8) is 0 Å². The number of sulfonamides is 1. The van der Waals surface area contributed by atoms with E-state index in [9.17, 15) is 13.2 Å². The zero-order valence-corrected chi connectivity index (χ0v) is 22.7. The van der Waals surface area contributed by atoms with Gasteiger partial charge in [0.05, 0.1) is 30.7 Å². The van der Waals surface area contributed by atoms with Crippen molar-refractivity contribution in [2.24, 2.45) is 0 Å². The molecule has 1 aromatic heterocycles. The van der Waals surface area contributed by atoms with Crippen LogP contribution in [0.3, 0.4) is 0 Å². The van der Waals surface area contributed by atoms with Gasteiger partial charge in [0, 0.05) is 37.9 Å². The Bertz CT molecular complexity index is 1370. The summed E-state index contributed by atoms with van der Waals surface area (Å²) >= 11 is 0. The number of rotatable bonds is 7. The summed E-state index contributed by atoms with van der Waals surface area (Å²) in [6.07, 6.45) is 2.39. The van der Waals surface area contributed by atoms with Crippen LogP contribution < -0.4 is 9.21 Å². The number of piperazine rings is 1. The molecule has 0 saturated carbocycles. The first-order valence-corrected chi connectivity index (χ1v) is 14.6.